The molecule has 94 valence electrons. The van der Waals surface area contributed by atoms with Crippen LogP contribution in [0.25, 0.3) is 0 Å². The number of imidazole rings is 1. The van der Waals surface area contributed by atoms with Gasteiger partial charge in [0.2, 0.25) is 5.91 Å². The first-order valence-electron chi connectivity index (χ1n) is 6.14. The molecule has 5 nitrogen and oxygen atoms in total. The smallest absolute Gasteiger partial charge is 0.237 e. The molecule has 0 fully saturated rings. The van der Waals surface area contributed by atoms with Crippen LogP contribution in [0.1, 0.15) is 31.1 Å². The van der Waals surface area contributed by atoms with Crippen LogP contribution in [0.4, 0.5) is 0 Å². The highest BCUT2D eigenvalue weighted by molar-refractivity contribution is 5.73. The highest BCUT2D eigenvalue weighted by Gasteiger charge is 2.20. The summed E-state index contributed by atoms with van der Waals surface area (Å²) in [6, 6.07) is 0. The van der Waals surface area contributed by atoms with Gasteiger partial charge in [0.25, 0.3) is 0 Å². The number of nitrogens with one attached hydrogen (secondary N) is 1. The molecule has 0 saturated carbocycles. The van der Waals surface area contributed by atoms with Crippen LogP contribution in [0, 0.1) is 5.92 Å². The average molecular weight is 236 g/mol. The van der Waals surface area contributed by atoms with Crippen LogP contribution in [0.5, 0.6) is 0 Å². The summed E-state index contributed by atoms with van der Waals surface area (Å²) in [5.74, 6) is 1.22. The van der Waals surface area contributed by atoms with E-state index >= 15 is 0 Å². The van der Waals surface area contributed by atoms with E-state index in [0.717, 1.165) is 37.4 Å². The van der Waals surface area contributed by atoms with E-state index in [1.54, 1.807) is 0 Å². The van der Waals surface area contributed by atoms with Gasteiger partial charge in [-0.25, -0.2) is 4.98 Å². The van der Waals surface area contributed by atoms with Gasteiger partial charge in [0.15, 0.2) is 0 Å². The molecule has 1 amide bonds. The summed E-state index contributed by atoms with van der Waals surface area (Å²) < 4.78 is 2.01. The number of hydrogen-bond donors (Lipinski definition) is 2. The number of amides is 1. The molecule has 5 heteroatoms. The molecule has 0 bridgehead atoms. The van der Waals surface area contributed by atoms with Gasteiger partial charge in [-0.1, -0.05) is 13.8 Å². The van der Waals surface area contributed by atoms with E-state index in [4.69, 9.17) is 5.73 Å². The Hall–Kier alpha value is -1.36. The highest BCUT2D eigenvalue weighted by Crippen LogP contribution is 2.18. The number of nitrogens with two attached hydrogens (primary N) is 1. The number of primary amides is 1. The van der Waals surface area contributed by atoms with Crippen molar-refractivity contribution in [2.45, 2.75) is 39.8 Å². The zero-order valence-corrected chi connectivity index (χ0v) is 10.5. The molecular weight excluding hydrogens is 216 g/mol. The van der Waals surface area contributed by atoms with Gasteiger partial charge in [-0.05, 0) is 5.92 Å². The Morgan fingerprint density at radius 1 is 1.59 bits per heavy atom. The fourth-order valence-corrected chi connectivity index (χ4v) is 2.29. The van der Waals surface area contributed by atoms with E-state index in [9.17, 15) is 4.79 Å². The second-order valence-electron chi connectivity index (χ2n) is 5.00. The van der Waals surface area contributed by atoms with Crippen LogP contribution >= 0.6 is 0 Å². The minimum absolute atomic E-state index is 0.254. The monoisotopic (exact) mass is 236 g/mol. The van der Waals surface area contributed by atoms with E-state index in [1.165, 1.54) is 5.69 Å². The topological polar surface area (TPSA) is 72.9 Å². The molecule has 0 radical (unpaired) electrons. The summed E-state index contributed by atoms with van der Waals surface area (Å²) in [5, 5.41) is 3.30. The van der Waals surface area contributed by atoms with E-state index < -0.39 is 0 Å². The molecule has 2 heterocycles. The Balaban J connectivity index is 2.35. The molecule has 0 unspecified atom stereocenters. The van der Waals surface area contributed by atoms with Gasteiger partial charge in [-0.15, -0.1) is 0 Å². The lowest BCUT2D eigenvalue weighted by Crippen LogP contribution is -2.27. The quantitative estimate of drug-likeness (QED) is 0.785. The van der Waals surface area contributed by atoms with Crippen LogP contribution in [-0.2, 0) is 30.7 Å². The number of aromatic nitrogens is 2. The van der Waals surface area contributed by atoms with Gasteiger partial charge in [0.1, 0.15) is 12.4 Å². The third-order valence-corrected chi connectivity index (χ3v) is 2.97. The van der Waals surface area contributed by atoms with Crippen molar-refractivity contribution >= 4 is 5.91 Å². The molecule has 0 aromatic carbocycles. The third kappa shape index (κ3) is 2.66. The molecular formula is C12H20N4O. The largest absolute Gasteiger partial charge is 0.368 e. The number of hydrogen-bond acceptors (Lipinski definition) is 3. The summed E-state index contributed by atoms with van der Waals surface area (Å²) in [7, 11) is 0. The maximum absolute atomic E-state index is 11.1. The average Bonchev–Trinajstić information content (AvgIpc) is 2.55. The summed E-state index contributed by atoms with van der Waals surface area (Å²) in [4.78, 5) is 15.8. The molecule has 1 aromatic heterocycles. The standard InChI is InChI=1S/C12H20N4O/c1-8(2)5-12-15-9-6-14-4-3-10(9)16(12)7-11(13)17/h8,14H,3-7H2,1-2H3,(H2,13,17). The Kier molecular flexibility index (Phi) is 3.47. The number of carbonyl (C=O) groups excluding carboxylic acids is 1. The van der Waals surface area contributed by atoms with Gasteiger partial charge < -0.3 is 15.6 Å². The minimum atomic E-state index is -0.297. The number of carbonyl (C=O) groups is 1. The Bertz CT molecular complexity index is 422. The minimum Gasteiger partial charge on any atom is -0.368 e. The molecule has 1 aliphatic rings. The molecule has 0 spiro atoms. The van der Waals surface area contributed by atoms with Crippen molar-refractivity contribution in [1.29, 1.82) is 0 Å². The lowest BCUT2D eigenvalue weighted by atomic mass is 10.1. The molecule has 0 atom stereocenters. The fraction of sp³-hybridized carbons (Fsp3) is 0.667. The lowest BCUT2D eigenvalue weighted by molar-refractivity contribution is -0.118. The highest BCUT2D eigenvalue weighted by atomic mass is 16.1. The third-order valence-electron chi connectivity index (χ3n) is 2.97. The summed E-state index contributed by atoms with van der Waals surface area (Å²) >= 11 is 0. The molecule has 0 saturated heterocycles. The number of nitrogens with zero attached hydrogens (tertiary/aromatic N) is 2. The SMILES string of the molecule is CC(C)Cc1nc2c(n1CC(N)=O)CCNC2. The van der Waals surface area contributed by atoms with E-state index in [0.29, 0.717) is 5.92 Å². The predicted molar refractivity (Wildman–Crippen MR) is 65.4 cm³/mol. The van der Waals surface area contributed by atoms with Gasteiger partial charge >= 0.3 is 0 Å². The van der Waals surface area contributed by atoms with Gasteiger partial charge in [0.05, 0.1) is 5.69 Å². The second kappa shape index (κ2) is 4.87. The molecule has 17 heavy (non-hydrogen) atoms. The number of fused-ring (bicyclic) bond motifs is 1. The van der Waals surface area contributed by atoms with E-state index in [1.807, 2.05) is 4.57 Å². The molecule has 0 aliphatic carbocycles. The van der Waals surface area contributed by atoms with Crippen molar-refractivity contribution in [1.82, 2.24) is 14.9 Å². The molecule has 3 N–H and O–H groups in total. The first-order chi connectivity index (χ1) is 8.08. The van der Waals surface area contributed by atoms with Gasteiger partial charge in [-0.2, -0.15) is 0 Å². The Morgan fingerprint density at radius 3 is 3.00 bits per heavy atom. The predicted octanol–water partition coefficient (Wildman–Crippen LogP) is 0.213. The fourth-order valence-electron chi connectivity index (χ4n) is 2.29. The van der Waals surface area contributed by atoms with Crippen LogP contribution in [0.3, 0.4) is 0 Å². The first kappa shape index (κ1) is 12.1. The van der Waals surface area contributed by atoms with Crippen molar-refractivity contribution in [2.75, 3.05) is 6.54 Å². The van der Waals surface area contributed by atoms with E-state index in [-0.39, 0.29) is 12.5 Å². The van der Waals surface area contributed by atoms with Crippen molar-refractivity contribution < 1.29 is 4.79 Å². The zero-order valence-electron chi connectivity index (χ0n) is 10.5. The molecule has 1 aromatic rings. The Labute approximate surface area is 101 Å². The Morgan fingerprint density at radius 2 is 2.35 bits per heavy atom. The summed E-state index contributed by atoms with van der Waals surface area (Å²) in [5.41, 5.74) is 7.57. The molecule has 2 rings (SSSR count). The van der Waals surface area contributed by atoms with Crippen LogP contribution in [0.2, 0.25) is 0 Å². The van der Waals surface area contributed by atoms with Crippen molar-refractivity contribution in [3.05, 3.63) is 17.2 Å². The second-order valence-corrected chi connectivity index (χ2v) is 5.00. The lowest BCUT2D eigenvalue weighted by Gasteiger charge is -2.15. The van der Waals surface area contributed by atoms with Crippen LogP contribution in [0.15, 0.2) is 0 Å². The van der Waals surface area contributed by atoms with Crippen molar-refractivity contribution in [3.8, 4) is 0 Å². The van der Waals surface area contributed by atoms with Crippen LogP contribution < -0.4 is 11.1 Å². The first-order valence-corrected chi connectivity index (χ1v) is 6.14. The van der Waals surface area contributed by atoms with Crippen LogP contribution in [-0.4, -0.2) is 22.0 Å². The summed E-state index contributed by atoms with van der Waals surface area (Å²) in [6.45, 7) is 6.30. The number of rotatable bonds is 4. The van der Waals surface area contributed by atoms with Crippen molar-refractivity contribution in [2.24, 2.45) is 11.7 Å². The van der Waals surface area contributed by atoms with E-state index in [2.05, 4.69) is 24.1 Å². The summed E-state index contributed by atoms with van der Waals surface area (Å²) in [6.07, 6.45) is 1.81. The maximum Gasteiger partial charge on any atom is 0.237 e. The zero-order chi connectivity index (χ0) is 12.4. The van der Waals surface area contributed by atoms with Crippen molar-refractivity contribution in [3.63, 3.8) is 0 Å². The van der Waals surface area contributed by atoms with Gasteiger partial charge in [0, 0.05) is 31.6 Å². The van der Waals surface area contributed by atoms with Gasteiger partial charge in [-0.3, -0.25) is 4.79 Å². The normalized spacial score (nSPS) is 15.0. The molecule has 1 aliphatic heterocycles. The maximum atomic E-state index is 11.1.